The van der Waals surface area contributed by atoms with Gasteiger partial charge < -0.3 is 15.6 Å². The van der Waals surface area contributed by atoms with E-state index in [2.05, 4.69) is 32.7 Å². The number of anilines is 2. The van der Waals surface area contributed by atoms with Crippen molar-refractivity contribution in [1.29, 1.82) is 0 Å². The summed E-state index contributed by atoms with van der Waals surface area (Å²) < 4.78 is 0. The van der Waals surface area contributed by atoms with Crippen molar-refractivity contribution in [2.24, 2.45) is 0 Å². The van der Waals surface area contributed by atoms with Gasteiger partial charge in [0.25, 0.3) is 5.91 Å². The van der Waals surface area contributed by atoms with Crippen LogP contribution in [0.2, 0.25) is 0 Å². The molecule has 0 spiro atoms. The summed E-state index contributed by atoms with van der Waals surface area (Å²) in [5.41, 5.74) is 5.48. The molecule has 3 N–H and O–H groups in total. The molecule has 28 heavy (non-hydrogen) atoms. The Labute approximate surface area is 163 Å². The molecule has 0 saturated heterocycles. The highest BCUT2D eigenvalue weighted by Gasteiger charge is 2.12. The van der Waals surface area contributed by atoms with Gasteiger partial charge in [-0.15, -0.1) is 0 Å². The van der Waals surface area contributed by atoms with Crippen LogP contribution < -0.4 is 10.6 Å². The van der Waals surface area contributed by atoms with E-state index >= 15 is 0 Å². The topological polar surface area (TPSA) is 69.8 Å². The van der Waals surface area contributed by atoms with E-state index in [1.807, 2.05) is 61.7 Å². The number of nitrogens with zero attached hydrogens (tertiary/aromatic N) is 1. The van der Waals surface area contributed by atoms with Crippen LogP contribution in [-0.2, 0) is 6.42 Å². The van der Waals surface area contributed by atoms with Crippen molar-refractivity contribution >= 4 is 28.2 Å². The number of carbonyl (C=O) groups excluding carboxylic acids is 1. The molecule has 2 aromatic heterocycles. The van der Waals surface area contributed by atoms with Crippen LogP contribution in [0.15, 0.2) is 73.1 Å². The molecule has 5 heteroatoms. The number of para-hydroxylation sites is 2. The molecule has 0 aliphatic heterocycles. The Bertz CT molecular complexity index is 1120. The summed E-state index contributed by atoms with van der Waals surface area (Å²) >= 11 is 0. The molecule has 1 amide bonds. The number of nitrogens with one attached hydrogen (secondary N) is 3. The lowest BCUT2D eigenvalue weighted by atomic mass is 10.1. The normalized spacial score (nSPS) is 10.8. The molecule has 0 unspecified atom stereocenters. The number of amides is 1. The minimum atomic E-state index is -0.0931. The lowest BCUT2D eigenvalue weighted by molar-refractivity contribution is 0.0955. The van der Waals surface area contributed by atoms with Crippen molar-refractivity contribution in [3.63, 3.8) is 0 Å². The van der Waals surface area contributed by atoms with Gasteiger partial charge in [-0.25, -0.2) is 0 Å². The van der Waals surface area contributed by atoms with Crippen molar-refractivity contribution in [2.75, 3.05) is 11.9 Å². The molecular weight excluding hydrogens is 348 g/mol. The summed E-state index contributed by atoms with van der Waals surface area (Å²) in [4.78, 5) is 20.3. The van der Waals surface area contributed by atoms with Crippen molar-refractivity contribution < 1.29 is 4.79 Å². The Morgan fingerprint density at radius 2 is 1.79 bits per heavy atom. The molecule has 140 valence electrons. The van der Waals surface area contributed by atoms with Gasteiger partial charge in [0.05, 0.1) is 22.6 Å². The van der Waals surface area contributed by atoms with Gasteiger partial charge in [-0.3, -0.25) is 9.78 Å². The highest BCUT2D eigenvalue weighted by Crippen LogP contribution is 2.22. The van der Waals surface area contributed by atoms with E-state index in [0.29, 0.717) is 12.1 Å². The first-order valence-corrected chi connectivity index (χ1v) is 9.33. The second kappa shape index (κ2) is 7.96. The smallest absolute Gasteiger partial charge is 0.253 e. The Morgan fingerprint density at radius 3 is 2.68 bits per heavy atom. The fourth-order valence-electron chi connectivity index (χ4n) is 3.30. The molecule has 0 radical (unpaired) electrons. The van der Waals surface area contributed by atoms with Crippen LogP contribution >= 0.6 is 0 Å². The predicted octanol–water partition coefficient (Wildman–Crippen LogP) is 4.59. The first-order chi connectivity index (χ1) is 13.7. The number of aromatic nitrogens is 2. The monoisotopic (exact) mass is 370 g/mol. The third-order valence-electron chi connectivity index (χ3n) is 4.80. The van der Waals surface area contributed by atoms with Gasteiger partial charge in [0, 0.05) is 29.8 Å². The SMILES string of the molecule is Cc1ncccc1Nc1ccccc1C(=O)NCCc1c[nH]c2ccccc12. The van der Waals surface area contributed by atoms with E-state index in [1.165, 1.54) is 10.9 Å². The molecule has 0 fully saturated rings. The number of fused-ring (bicyclic) bond motifs is 1. The van der Waals surface area contributed by atoms with Gasteiger partial charge in [-0.2, -0.15) is 0 Å². The van der Waals surface area contributed by atoms with Crippen LogP contribution in [0, 0.1) is 6.92 Å². The van der Waals surface area contributed by atoms with Crippen LogP contribution in [0.5, 0.6) is 0 Å². The van der Waals surface area contributed by atoms with Gasteiger partial charge in [-0.05, 0) is 49.2 Å². The third-order valence-corrected chi connectivity index (χ3v) is 4.80. The average molecular weight is 370 g/mol. The highest BCUT2D eigenvalue weighted by molar-refractivity contribution is 6.00. The maximum atomic E-state index is 12.8. The van der Waals surface area contributed by atoms with Gasteiger partial charge in [0.2, 0.25) is 0 Å². The zero-order valence-electron chi connectivity index (χ0n) is 15.7. The van der Waals surface area contributed by atoms with Crippen molar-refractivity contribution in [2.45, 2.75) is 13.3 Å². The minimum Gasteiger partial charge on any atom is -0.361 e. The van der Waals surface area contributed by atoms with Crippen LogP contribution in [0.3, 0.4) is 0 Å². The summed E-state index contributed by atoms with van der Waals surface area (Å²) in [5, 5.41) is 7.56. The molecule has 5 nitrogen and oxygen atoms in total. The van der Waals surface area contributed by atoms with Crippen molar-refractivity contribution in [3.8, 4) is 0 Å². The molecule has 0 atom stereocenters. The number of carbonyl (C=O) groups is 1. The maximum absolute atomic E-state index is 12.8. The summed E-state index contributed by atoms with van der Waals surface area (Å²) in [7, 11) is 0. The average Bonchev–Trinajstić information content (AvgIpc) is 3.13. The molecule has 4 aromatic rings. The molecule has 2 heterocycles. The van der Waals surface area contributed by atoms with Crippen LogP contribution in [0.25, 0.3) is 10.9 Å². The van der Waals surface area contributed by atoms with Crippen molar-refractivity contribution in [1.82, 2.24) is 15.3 Å². The lowest BCUT2D eigenvalue weighted by Gasteiger charge is -2.13. The first kappa shape index (κ1) is 17.8. The van der Waals surface area contributed by atoms with E-state index in [0.717, 1.165) is 29.0 Å². The van der Waals surface area contributed by atoms with Crippen molar-refractivity contribution in [3.05, 3.63) is 89.9 Å². The Balaban J connectivity index is 1.44. The summed E-state index contributed by atoms with van der Waals surface area (Å²) in [5.74, 6) is -0.0931. The Kier molecular flexibility index (Phi) is 5.06. The molecule has 0 saturated carbocycles. The standard InChI is InChI=1S/C23H22N4O/c1-16-20(11-6-13-24-16)27-22-10-5-3-8-19(22)23(28)25-14-12-17-15-26-21-9-4-2-7-18(17)21/h2-11,13,15,26-27H,12,14H2,1H3,(H,25,28). The van der Waals surface area contributed by atoms with Crippen LogP contribution in [-0.4, -0.2) is 22.4 Å². The van der Waals surface area contributed by atoms with E-state index in [4.69, 9.17) is 0 Å². The third kappa shape index (κ3) is 3.74. The molecule has 0 aliphatic rings. The highest BCUT2D eigenvalue weighted by atomic mass is 16.1. The molecule has 0 bridgehead atoms. The number of pyridine rings is 1. The molecule has 0 aliphatic carbocycles. The maximum Gasteiger partial charge on any atom is 0.253 e. The number of hydrogen-bond acceptors (Lipinski definition) is 3. The summed E-state index contributed by atoms with van der Waals surface area (Å²) in [6.45, 7) is 2.51. The quantitative estimate of drug-likeness (QED) is 0.465. The van der Waals surface area contributed by atoms with Crippen LogP contribution in [0.1, 0.15) is 21.6 Å². The lowest BCUT2D eigenvalue weighted by Crippen LogP contribution is -2.26. The Morgan fingerprint density at radius 1 is 1.00 bits per heavy atom. The van der Waals surface area contributed by atoms with Crippen LogP contribution in [0.4, 0.5) is 11.4 Å². The number of H-pyrrole nitrogens is 1. The fourth-order valence-corrected chi connectivity index (χ4v) is 3.30. The number of rotatable bonds is 6. The zero-order valence-corrected chi connectivity index (χ0v) is 15.7. The van der Waals surface area contributed by atoms with Gasteiger partial charge in [0.1, 0.15) is 0 Å². The minimum absolute atomic E-state index is 0.0931. The van der Waals surface area contributed by atoms with E-state index in [1.54, 1.807) is 6.20 Å². The molecule has 2 aromatic carbocycles. The zero-order chi connectivity index (χ0) is 19.3. The molecular formula is C23H22N4O. The number of hydrogen-bond donors (Lipinski definition) is 3. The van der Waals surface area contributed by atoms with Gasteiger partial charge in [-0.1, -0.05) is 30.3 Å². The number of aromatic amines is 1. The molecule has 4 rings (SSSR count). The first-order valence-electron chi connectivity index (χ1n) is 9.33. The number of aryl methyl sites for hydroxylation is 1. The fraction of sp³-hybridized carbons (Fsp3) is 0.130. The predicted molar refractivity (Wildman–Crippen MR) is 113 cm³/mol. The largest absolute Gasteiger partial charge is 0.361 e. The number of benzene rings is 2. The van der Waals surface area contributed by atoms with E-state index < -0.39 is 0 Å². The Hall–Kier alpha value is -3.60. The van der Waals surface area contributed by atoms with E-state index in [-0.39, 0.29) is 5.91 Å². The second-order valence-corrected chi connectivity index (χ2v) is 6.67. The summed E-state index contributed by atoms with van der Waals surface area (Å²) in [6, 6.07) is 19.5. The summed E-state index contributed by atoms with van der Waals surface area (Å²) in [6.07, 6.45) is 4.54. The second-order valence-electron chi connectivity index (χ2n) is 6.67. The van der Waals surface area contributed by atoms with Gasteiger partial charge in [0.15, 0.2) is 0 Å². The van der Waals surface area contributed by atoms with E-state index in [9.17, 15) is 4.79 Å². The van der Waals surface area contributed by atoms with Gasteiger partial charge >= 0.3 is 0 Å².